The minimum Gasteiger partial charge on any atom is -0.464 e. The van der Waals surface area contributed by atoms with Gasteiger partial charge in [-0.1, -0.05) is 18.2 Å². The Hall–Kier alpha value is -1.98. The second-order valence-electron chi connectivity index (χ2n) is 4.17. The second kappa shape index (κ2) is 5.77. The molecule has 5 nitrogen and oxygen atoms in total. The lowest BCUT2D eigenvalue weighted by Crippen LogP contribution is -2.54. The molecular formula is C14H17N3O2. The molecule has 0 saturated carbocycles. The Bertz CT molecular complexity index is 505. The van der Waals surface area contributed by atoms with Crippen molar-refractivity contribution in [3.05, 3.63) is 54.6 Å². The predicted molar refractivity (Wildman–Crippen MR) is 71.5 cm³/mol. The van der Waals surface area contributed by atoms with Crippen LogP contribution in [0.25, 0.3) is 0 Å². The fraction of sp³-hybridized carbons (Fsp3) is 0.286. The molecule has 0 radical (unpaired) electrons. The van der Waals surface area contributed by atoms with Gasteiger partial charge in [0, 0.05) is 6.20 Å². The van der Waals surface area contributed by atoms with Gasteiger partial charge in [0.1, 0.15) is 23.9 Å². The first-order valence-corrected chi connectivity index (χ1v) is 6.06. The van der Waals surface area contributed by atoms with E-state index in [0.717, 1.165) is 0 Å². The van der Waals surface area contributed by atoms with Gasteiger partial charge < -0.3 is 9.84 Å². The summed E-state index contributed by atoms with van der Waals surface area (Å²) in [7, 11) is 1.72. The molecule has 2 aromatic rings. The number of aliphatic hydroxyl groups excluding tert-OH is 1. The largest absolute Gasteiger partial charge is 0.464 e. The van der Waals surface area contributed by atoms with Crippen LogP contribution in [0.5, 0.6) is 5.75 Å². The number of aliphatic hydroxyl groups is 1. The van der Waals surface area contributed by atoms with E-state index in [4.69, 9.17) is 4.74 Å². The van der Waals surface area contributed by atoms with E-state index in [1.165, 1.54) is 6.33 Å². The van der Waals surface area contributed by atoms with Gasteiger partial charge in [0.2, 0.25) is 5.72 Å². The zero-order valence-corrected chi connectivity index (χ0v) is 10.9. The lowest BCUT2D eigenvalue weighted by atomic mass is 10.0. The molecule has 0 aliphatic heterocycles. The standard InChI is InChI=1S/C14H17N3O2/c1-11(18)14(15-2,13-8-9-16-10-17-13)19-12-6-4-3-5-7-12/h3-11,15,18H,1-2H3. The number of nitrogens with one attached hydrogen (secondary N) is 1. The van der Waals surface area contributed by atoms with Gasteiger partial charge in [-0.2, -0.15) is 0 Å². The predicted octanol–water partition coefficient (Wildman–Crippen LogP) is 1.31. The minimum absolute atomic E-state index is 0.573. The summed E-state index contributed by atoms with van der Waals surface area (Å²) in [5.41, 5.74) is -0.534. The van der Waals surface area contributed by atoms with Crippen molar-refractivity contribution in [1.82, 2.24) is 15.3 Å². The van der Waals surface area contributed by atoms with E-state index in [1.54, 1.807) is 26.2 Å². The zero-order chi connectivity index (χ0) is 13.7. The maximum atomic E-state index is 10.1. The maximum Gasteiger partial charge on any atom is 0.229 e. The van der Waals surface area contributed by atoms with Gasteiger partial charge in [-0.15, -0.1) is 0 Å². The third-order valence-corrected chi connectivity index (χ3v) is 2.94. The highest BCUT2D eigenvalue weighted by Gasteiger charge is 2.40. The van der Waals surface area contributed by atoms with Crippen LogP contribution in [0.3, 0.4) is 0 Å². The molecule has 1 aromatic carbocycles. The molecular weight excluding hydrogens is 242 g/mol. The third-order valence-electron chi connectivity index (χ3n) is 2.94. The fourth-order valence-electron chi connectivity index (χ4n) is 1.92. The lowest BCUT2D eigenvalue weighted by Gasteiger charge is -2.35. The summed E-state index contributed by atoms with van der Waals surface area (Å²) in [5.74, 6) is 0.649. The Morgan fingerprint density at radius 3 is 2.53 bits per heavy atom. The van der Waals surface area contributed by atoms with E-state index in [9.17, 15) is 5.11 Å². The molecule has 1 heterocycles. The SMILES string of the molecule is CNC(Oc1ccccc1)(c1ccncn1)C(C)O. The number of aromatic nitrogens is 2. The average Bonchev–Trinajstić information content (AvgIpc) is 2.46. The summed E-state index contributed by atoms with van der Waals surface area (Å²) in [6.45, 7) is 1.65. The second-order valence-corrected chi connectivity index (χ2v) is 4.17. The van der Waals surface area contributed by atoms with Crippen molar-refractivity contribution in [3.63, 3.8) is 0 Å². The van der Waals surface area contributed by atoms with E-state index in [2.05, 4.69) is 15.3 Å². The molecule has 0 spiro atoms. The van der Waals surface area contributed by atoms with Crippen LogP contribution in [0.1, 0.15) is 12.6 Å². The summed E-state index contributed by atoms with van der Waals surface area (Å²) < 4.78 is 5.95. The average molecular weight is 259 g/mol. The first-order valence-electron chi connectivity index (χ1n) is 6.06. The van der Waals surface area contributed by atoms with Crippen molar-refractivity contribution in [1.29, 1.82) is 0 Å². The van der Waals surface area contributed by atoms with Crippen molar-refractivity contribution in [2.45, 2.75) is 18.8 Å². The highest BCUT2D eigenvalue weighted by molar-refractivity contribution is 5.24. The van der Waals surface area contributed by atoms with E-state index >= 15 is 0 Å². The Balaban J connectivity index is 2.41. The van der Waals surface area contributed by atoms with Gasteiger partial charge in [0.05, 0.1) is 0 Å². The van der Waals surface area contributed by atoms with Crippen molar-refractivity contribution in [3.8, 4) is 5.75 Å². The Kier molecular flexibility index (Phi) is 4.09. The quantitative estimate of drug-likeness (QED) is 0.792. The molecule has 2 N–H and O–H groups in total. The summed E-state index contributed by atoms with van der Waals surface area (Å²) in [6, 6.07) is 11.0. The summed E-state index contributed by atoms with van der Waals surface area (Å²) in [6.07, 6.45) is 2.25. The smallest absolute Gasteiger partial charge is 0.229 e. The molecule has 0 amide bonds. The molecule has 2 unspecified atom stereocenters. The lowest BCUT2D eigenvalue weighted by molar-refractivity contribution is -0.0738. The number of ether oxygens (including phenoxy) is 1. The van der Waals surface area contributed by atoms with Crippen LogP contribution in [0.2, 0.25) is 0 Å². The van der Waals surface area contributed by atoms with Gasteiger partial charge in [-0.05, 0) is 32.2 Å². The highest BCUT2D eigenvalue weighted by Crippen LogP contribution is 2.27. The van der Waals surface area contributed by atoms with Crippen LogP contribution in [0.4, 0.5) is 0 Å². The number of nitrogens with zero attached hydrogens (tertiary/aromatic N) is 2. The van der Waals surface area contributed by atoms with E-state index in [-0.39, 0.29) is 0 Å². The summed E-state index contributed by atoms with van der Waals surface area (Å²) in [5, 5.41) is 13.1. The fourth-order valence-corrected chi connectivity index (χ4v) is 1.92. The van der Waals surface area contributed by atoms with E-state index < -0.39 is 11.8 Å². The first-order chi connectivity index (χ1) is 9.19. The molecule has 5 heteroatoms. The van der Waals surface area contributed by atoms with Crippen LogP contribution in [0, 0.1) is 0 Å². The van der Waals surface area contributed by atoms with Gasteiger partial charge >= 0.3 is 0 Å². The van der Waals surface area contributed by atoms with Crippen molar-refractivity contribution < 1.29 is 9.84 Å². The minimum atomic E-state index is -1.11. The van der Waals surface area contributed by atoms with Crippen LogP contribution in [-0.4, -0.2) is 28.2 Å². The molecule has 0 aliphatic carbocycles. The molecule has 2 rings (SSSR count). The van der Waals surface area contributed by atoms with Crippen molar-refractivity contribution in [2.75, 3.05) is 7.05 Å². The molecule has 100 valence electrons. The number of hydrogen-bond acceptors (Lipinski definition) is 5. The molecule has 0 bridgehead atoms. The van der Waals surface area contributed by atoms with Crippen molar-refractivity contribution in [2.24, 2.45) is 0 Å². The Morgan fingerprint density at radius 1 is 1.26 bits per heavy atom. The molecule has 1 aromatic heterocycles. The topological polar surface area (TPSA) is 67.3 Å². The van der Waals surface area contributed by atoms with Crippen LogP contribution in [0.15, 0.2) is 48.9 Å². The van der Waals surface area contributed by atoms with E-state index in [0.29, 0.717) is 11.4 Å². The number of para-hydroxylation sites is 1. The van der Waals surface area contributed by atoms with Crippen LogP contribution < -0.4 is 10.1 Å². The number of benzene rings is 1. The van der Waals surface area contributed by atoms with Crippen LogP contribution in [-0.2, 0) is 5.72 Å². The monoisotopic (exact) mass is 259 g/mol. The Labute approximate surface area is 112 Å². The molecule has 0 fully saturated rings. The Morgan fingerprint density at radius 2 is 2.00 bits per heavy atom. The normalized spacial score (nSPS) is 15.5. The van der Waals surface area contributed by atoms with Gasteiger partial charge in [0.15, 0.2) is 0 Å². The number of rotatable bonds is 5. The van der Waals surface area contributed by atoms with Gasteiger partial charge in [0.25, 0.3) is 0 Å². The molecule has 0 aliphatic rings. The maximum absolute atomic E-state index is 10.1. The number of likely N-dealkylation sites (N-methyl/N-ethyl adjacent to an activating group) is 1. The molecule has 2 atom stereocenters. The van der Waals surface area contributed by atoms with Gasteiger partial charge in [-0.3, -0.25) is 5.32 Å². The first kappa shape index (κ1) is 13.5. The zero-order valence-electron chi connectivity index (χ0n) is 10.9. The highest BCUT2D eigenvalue weighted by atomic mass is 16.5. The summed E-state index contributed by atoms with van der Waals surface area (Å²) in [4.78, 5) is 8.06. The van der Waals surface area contributed by atoms with Gasteiger partial charge in [-0.25, -0.2) is 9.97 Å². The third kappa shape index (κ3) is 2.72. The van der Waals surface area contributed by atoms with Crippen LogP contribution >= 0.6 is 0 Å². The summed E-state index contributed by atoms with van der Waals surface area (Å²) >= 11 is 0. The molecule has 19 heavy (non-hydrogen) atoms. The van der Waals surface area contributed by atoms with E-state index in [1.807, 2.05) is 30.3 Å². The van der Waals surface area contributed by atoms with Crippen molar-refractivity contribution >= 4 is 0 Å². The number of hydrogen-bond donors (Lipinski definition) is 2. The molecule has 0 saturated heterocycles.